The number of imide groups is 1. The first-order chi connectivity index (χ1) is 13.0. The van der Waals surface area contributed by atoms with Crippen LogP contribution in [0.3, 0.4) is 0 Å². The van der Waals surface area contributed by atoms with Crippen LogP contribution in [-0.2, 0) is 4.79 Å². The minimum absolute atomic E-state index is 0.195. The third-order valence-electron chi connectivity index (χ3n) is 4.31. The minimum Gasteiger partial charge on any atom is -0.324 e. The fourth-order valence-corrected chi connectivity index (χ4v) is 4.53. The molecule has 8 heteroatoms. The lowest BCUT2D eigenvalue weighted by molar-refractivity contribution is -0.130. The first-order valence-electron chi connectivity index (χ1n) is 8.53. The van der Waals surface area contributed by atoms with Gasteiger partial charge in [0.25, 0.3) is 5.91 Å². The Morgan fingerprint density at radius 1 is 1.15 bits per heavy atom. The Morgan fingerprint density at radius 3 is 2.67 bits per heavy atom. The summed E-state index contributed by atoms with van der Waals surface area (Å²) in [6.07, 6.45) is 0. The van der Waals surface area contributed by atoms with Crippen LogP contribution in [0.5, 0.6) is 0 Å². The van der Waals surface area contributed by atoms with Crippen molar-refractivity contribution >= 4 is 45.9 Å². The van der Waals surface area contributed by atoms with Crippen molar-refractivity contribution in [2.75, 3.05) is 12.3 Å². The molecule has 0 unspecified atom stereocenters. The van der Waals surface area contributed by atoms with Crippen molar-refractivity contribution < 1.29 is 9.59 Å². The molecule has 0 atom stereocenters. The molecule has 3 heterocycles. The molecule has 2 aromatic heterocycles. The Hall–Kier alpha value is -2.45. The fraction of sp³-hybridized carbons (Fsp3) is 0.263. The first kappa shape index (κ1) is 17.9. The fourth-order valence-electron chi connectivity index (χ4n) is 2.93. The quantitative estimate of drug-likeness (QED) is 0.402. The number of nitrogens with one attached hydrogen (secondary N) is 1. The maximum Gasteiger partial charge on any atom is 0.325 e. The van der Waals surface area contributed by atoms with Gasteiger partial charge in [-0.15, -0.1) is 23.1 Å². The Kier molecular flexibility index (Phi) is 4.61. The van der Waals surface area contributed by atoms with E-state index in [2.05, 4.69) is 10.3 Å². The minimum atomic E-state index is -0.838. The topological polar surface area (TPSA) is 75.2 Å². The summed E-state index contributed by atoms with van der Waals surface area (Å²) in [5.74, 6) is 1.07. The van der Waals surface area contributed by atoms with E-state index < -0.39 is 5.54 Å². The molecule has 1 saturated heterocycles. The smallest absolute Gasteiger partial charge is 0.324 e. The maximum absolute atomic E-state index is 12.3. The highest BCUT2D eigenvalue weighted by Crippen LogP contribution is 2.30. The number of para-hydroxylation sites is 1. The number of amides is 3. The van der Waals surface area contributed by atoms with Crippen LogP contribution in [0.1, 0.15) is 13.8 Å². The van der Waals surface area contributed by atoms with E-state index in [9.17, 15) is 9.59 Å². The molecule has 0 bridgehead atoms. The number of rotatable bonds is 5. The number of hydrogen-bond acceptors (Lipinski definition) is 6. The molecule has 1 aliphatic rings. The van der Waals surface area contributed by atoms with Crippen molar-refractivity contribution in [3.8, 4) is 10.7 Å². The predicted molar refractivity (Wildman–Crippen MR) is 108 cm³/mol. The van der Waals surface area contributed by atoms with Gasteiger partial charge < -0.3 is 5.32 Å². The number of urea groups is 1. The summed E-state index contributed by atoms with van der Waals surface area (Å²) in [6, 6.07) is 11.5. The molecule has 0 radical (unpaired) electrons. The molecule has 1 N–H and O–H groups in total. The predicted octanol–water partition coefficient (Wildman–Crippen LogP) is 3.78. The number of nitrogens with zero attached hydrogens (tertiary/aromatic N) is 3. The summed E-state index contributed by atoms with van der Waals surface area (Å²) in [6.45, 7) is 3.77. The van der Waals surface area contributed by atoms with E-state index in [1.807, 2.05) is 41.8 Å². The number of carbonyl (C=O) groups is 2. The second-order valence-corrected chi connectivity index (χ2v) is 8.74. The number of carbonyl (C=O) groups excluding carboxylic acids is 2. The van der Waals surface area contributed by atoms with Crippen LogP contribution >= 0.6 is 23.1 Å². The standard InChI is InChI=1S/C19H18N4O2S2/c1-19(2)17(24)23(18(25)22-19)9-11-27-16-12-6-3-4-7-13(12)20-15(21-16)14-8-5-10-26-14/h3-8,10H,9,11H2,1-2H3,(H,22,25). The Bertz CT molecular complexity index is 1020. The van der Waals surface area contributed by atoms with E-state index in [-0.39, 0.29) is 11.9 Å². The van der Waals surface area contributed by atoms with E-state index in [0.29, 0.717) is 18.1 Å². The zero-order chi connectivity index (χ0) is 19.0. The van der Waals surface area contributed by atoms with Gasteiger partial charge in [-0.05, 0) is 31.4 Å². The average Bonchev–Trinajstić information content (AvgIpc) is 3.24. The van der Waals surface area contributed by atoms with Gasteiger partial charge in [-0.3, -0.25) is 9.69 Å². The van der Waals surface area contributed by atoms with Gasteiger partial charge in [0.05, 0.1) is 10.4 Å². The number of hydrogen-bond donors (Lipinski definition) is 1. The largest absolute Gasteiger partial charge is 0.325 e. The van der Waals surface area contributed by atoms with Crippen molar-refractivity contribution in [2.45, 2.75) is 24.4 Å². The molecule has 6 nitrogen and oxygen atoms in total. The molecule has 0 aliphatic carbocycles. The highest BCUT2D eigenvalue weighted by Gasteiger charge is 2.43. The number of fused-ring (bicyclic) bond motifs is 1. The van der Waals surface area contributed by atoms with E-state index in [1.54, 1.807) is 25.2 Å². The number of thioether (sulfide) groups is 1. The van der Waals surface area contributed by atoms with Gasteiger partial charge in [-0.1, -0.05) is 24.3 Å². The highest BCUT2D eigenvalue weighted by molar-refractivity contribution is 7.99. The first-order valence-corrected chi connectivity index (χ1v) is 10.4. The molecule has 4 rings (SSSR count). The van der Waals surface area contributed by atoms with E-state index >= 15 is 0 Å². The molecule has 3 aromatic rings. The highest BCUT2D eigenvalue weighted by atomic mass is 32.2. The lowest BCUT2D eigenvalue weighted by Crippen LogP contribution is -2.40. The van der Waals surface area contributed by atoms with Crippen molar-refractivity contribution in [1.82, 2.24) is 20.2 Å². The van der Waals surface area contributed by atoms with Crippen LogP contribution in [0.2, 0.25) is 0 Å². The maximum atomic E-state index is 12.3. The number of thiophene rings is 1. The average molecular weight is 399 g/mol. The van der Waals surface area contributed by atoms with Crippen LogP contribution in [0.25, 0.3) is 21.6 Å². The normalized spacial score (nSPS) is 16.1. The zero-order valence-electron chi connectivity index (χ0n) is 14.9. The summed E-state index contributed by atoms with van der Waals surface area (Å²) in [5, 5.41) is 6.53. The summed E-state index contributed by atoms with van der Waals surface area (Å²) < 4.78 is 0. The second-order valence-electron chi connectivity index (χ2n) is 6.71. The van der Waals surface area contributed by atoms with E-state index in [0.717, 1.165) is 20.8 Å². The molecule has 1 aromatic carbocycles. The van der Waals surface area contributed by atoms with Gasteiger partial charge in [-0.25, -0.2) is 14.8 Å². The Morgan fingerprint density at radius 2 is 1.96 bits per heavy atom. The van der Waals surface area contributed by atoms with Crippen LogP contribution in [0.15, 0.2) is 46.8 Å². The molecular formula is C19H18N4O2S2. The van der Waals surface area contributed by atoms with Crippen LogP contribution in [0, 0.1) is 0 Å². The van der Waals surface area contributed by atoms with Crippen LogP contribution in [-0.4, -0.2) is 44.6 Å². The van der Waals surface area contributed by atoms with Gasteiger partial charge in [0.15, 0.2) is 5.82 Å². The summed E-state index contributed by atoms with van der Waals surface area (Å²) >= 11 is 3.13. The molecule has 0 saturated carbocycles. The molecule has 1 fully saturated rings. The molecule has 3 amide bonds. The van der Waals surface area contributed by atoms with Gasteiger partial charge >= 0.3 is 6.03 Å². The lowest BCUT2D eigenvalue weighted by Gasteiger charge is -2.15. The van der Waals surface area contributed by atoms with Crippen molar-refractivity contribution in [2.24, 2.45) is 0 Å². The molecule has 0 spiro atoms. The SMILES string of the molecule is CC1(C)NC(=O)N(CCSc2nc(-c3cccs3)nc3ccccc23)C1=O. The third kappa shape index (κ3) is 3.42. The third-order valence-corrected chi connectivity index (χ3v) is 6.15. The van der Waals surface area contributed by atoms with Crippen molar-refractivity contribution in [1.29, 1.82) is 0 Å². The summed E-state index contributed by atoms with van der Waals surface area (Å²) in [4.78, 5) is 36.0. The van der Waals surface area contributed by atoms with Gasteiger partial charge in [-0.2, -0.15) is 0 Å². The molecule has 1 aliphatic heterocycles. The zero-order valence-corrected chi connectivity index (χ0v) is 16.6. The summed E-state index contributed by atoms with van der Waals surface area (Å²) in [7, 11) is 0. The monoisotopic (exact) mass is 398 g/mol. The van der Waals surface area contributed by atoms with Crippen molar-refractivity contribution in [3.63, 3.8) is 0 Å². The Labute approximate surface area is 165 Å². The van der Waals surface area contributed by atoms with Crippen molar-refractivity contribution in [3.05, 3.63) is 41.8 Å². The van der Waals surface area contributed by atoms with Crippen LogP contribution < -0.4 is 5.32 Å². The number of benzene rings is 1. The van der Waals surface area contributed by atoms with Gasteiger partial charge in [0, 0.05) is 17.7 Å². The Balaban J connectivity index is 1.57. The van der Waals surface area contributed by atoms with Gasteiger partial charge in [0.1, 0.15) is 10.6 Å². The van der Waals surface area contributed by atoms with E-state index in [4.69, 9.17) is 4.98 Å². The second kappa shape index (κ2) is 6.94. The lowest BCUT2D eigenvalue weighted by atomic mass is 10.1. The van der Waals surface area contributed by atoms with Crippen LogP contribution in [0.4, 0.5) is 4.79 Å². The van der Waals surface area contributed by atoms with E-state index in [1.165, 1.54) is 16.7 Å². The molecular weight excluding hydrogens is 380 g/mol. The van der Waals surface area contributed by atoms with Gasteiger partial charge in [0.2, 0.25) is 0 Å². The molecule has 138 valence electrons. The summed E-state index contributed by atoms with van der Waals surface area (Å²) in [5.41, 5.74) is 0.0462. The molecule has 27 heavy (non-hydrogen) atoms. The number of aromatic nitrogens is 2.